The molecule has 0 radical (unpaired) electrons. The Morgan fingerprint density at radius 3 is 2.38 bits per heavy atom. The number of fused-ring (bicyclic) bond motifs is 1. The zero-order valence-electron chi connectivity index (χ0n) is 26.2. The molecule has 8 nitrogen and oxygen atoms in total. The lowest BCUT2D eigenvalue weighted by Gasteiger charge is -2.47. The van der Waals surface area contributed by atoms with Crippen molar-refractivity contribution in [2.75, 3.05) is 19.8 Å². The smallest absolute Gasteiger partial charge is 0.313 e. The molecule has 8 heteroatoms. The predicted molar refractivity (Wildman–Crippen MR) is 155 cm³/mol. The molecule has 226 valence electrons. The van der Waals surface area contributed by atoms with E-state index in [4.69, 9.17) is 9.47 Å². The Kier molecular flexibility index (Phi) is 9.08. The summed E-state index contributed by atoms with van der Waals surface area (Å²) in [5.41, 5.74) is -2.80. The molecule has 2 bridgehead atoms. The number of hydrogen-bond acceptors (Lipinski definition) is 6. The Morgan fingerprint density at radius 2 is 1.88 bits per heavy atom. The van der Waals surface area contributed by atoms with Gasteiger partial charge >= 0.3 is 5.97 Å². The number of esters is 1. The van der Waals surface area contributed by atoms with Gasteiger partial charge < -0.3 is 24.4 Å². The van der Waals surface area contributed by atoms with E-state index >= 15 is 0 Å². The van der Waals surface area contributed by atoms with Crippen LogP contribution in [0.2, 0.25) is 0 Å². The molecule has 8 atom stereocenters. The van der Waals surface area contributed by atoms with Gasteiger partial charge in [-0.2, -0.15) is 0 Å². The topological polar surface area (TPSA) is 96.4 Å². The number of likely N-dealkylation sites (tertiary alicyclic amines) is 1. The molecule has 3 fully saturated rings. The summed E-state index contributed by atoms with van der Waals surface area (Å²) in [6.07, 6.45) is 5.09. The summed E-state index contributed by atoms with van der Waals surface area (Å²) in [5.74, 6) is -2.98. The highest BCUT2D eigenvalue weighted by atomic mass is 16.6. The predicted octanol–water partition coefficient (Wildman–Crippen LogP) is 4.36. The average molecular weight is 561 g/mol. The van der Waals surface area contributed by atoms with E-state index in [-0.39, 0.29) is 42.3 Å². The third-order valence-electron chi connectivity index (χ3n) is 9.70. The second kappa shape index (κ2) is 11.2. The van der Waals surface area contributed by atoms with Crippen molar-refractivity contribution in [2.24, 2.45) is 29.1 Å². The fourth-order valence-corrected chi connectivity index (χ4v) is 8.02. The van der Waals surface area contributed by atoms with Gasteiger partial charge in [0.25, 0.3) is 0 Å². The zero-order valence-corrected chi connectivity index (χ0v) is 26.2. The molecule has 3 unspecified atom stereocenters. The number of aliphatic hydroxyl groups excluding tert-OH is 1. The van der Waals surface area contributed by atoms with E-state index in [1.807, 2.05) is 46.4 Å². The number of carbonyl (C=O) groups excluding carboxylic acids is 3. The lowest BCUT2D eigenvalue weighted by molar-refractivity contribution is -0.165. The monoisotopic (exact) mass is 560 g/mol. The summed E-state index contributed by atoms with van der Waals surface area (Å²) in [4.78, 5) is 46.4. The van der Waals surface area contributed by atoms with Crippen LogP contribution < -0.4 is 0 Å². The van der Waals surface area contributed by atoms with Crippen LogP contribution in [-0.2, 0) is 23.9 Å². The zero-order chi connectivity index (χ0) is 30.4. The van der Waals surface area contributed by atoms with Gasteiger partial charge in [-0.3, -0.25) is 14.4 Å². The number of aliphatic hydroxyl groups is 1. The van der Waals surface area contributed by atoms with Gasteiger partial charge in [-0.15, -0.1) is 6.58 Å². The molecule has 0 saturated carbocycles. The van der Waals surface area contributed by atoms with Crippen LogP contribution in [0, 0.1) is 29.1 Å². The molecule has 0 aromatic rings. The Labute approximate surface area is 241 Å². The van der Waals surface area contributed by atoms with Gasteiger partial charge in [-0.1, -0.05) is 66.7 Å². The molecule has 0 aromatic heterocycles. The first kappa shape index (κ1) is 32.3. The van der Waals surface area contributed by atoms with E-state index in [1.54, 1.807) is 11.0 Å². The van der Waals surface area contributed by atoms with Gasteiger partial charge in [-0.25, -0.2) is 0 Å². The lowest BCUT2D eigenvalue weighted by Crippen LogP contribution is -2.63. The minimum atomic E-state index is -1.21. The van der Waals surface area contributed by atoms with Gasteiger partial charge in [0.05, 0.1) is 24.2 Å². The van der Waals surface area contributed by atoms with Crippen LogP contribution in [0.15, 0.2) is 25.3 Å². The van der Waals surface area contributed by atoms with Gasteiger partial charge in [0.15, 0.2) is 0 Å². The van der Waals surface area contributed by atoms with Crippen molar-refractivity contribution in [2.45, 2.75) is 110 Å². The van der Waals surface area contributed by atoms with E-state index < -0.39 is 46.6 Å². The normalized spacial score (nSPS) is 33.0. The maximum atomic E-state index is 14.9. The SMILES string of the molecule is C=CCOC(=O)[C@H]1[C@H]2C(=O)N([C@@H](CO)[C@@H](C)CC)C(C(=O)N(CC=C)C(C)(C)CC(C)(C)C)C23CC(C)[C@]1(C)O3. The minimum absolute atomic E-state index is 0.0278. The van der Waals surface area contributed by atoms with E-state index in [0.717, 1.165) is 6.42 Å². The maximum Gasteiger partial charge on any atom is 0.313 e. The summed E-state index contributed by atoms with van der Waals surface area (Å²) in [5, 5.41) is 10.6. The first-order chi connectivity index (χ1) is 18.5. The number of amides is 2. The molecule has 0 aromatic carbocycles. The van der Waals surface area contributed by atoms with Crippen LogP contribution >= 0.6 is 0 Å². The van der Waals surface area contributed by atoms with E-state index in [1.165, 1.54) is 6.08 Å². The summed E-state index contributed by atoms with van der Waals surface area (Å²) in [7, 11) is 0. The van der Waals surface area contributed by atoms with Gasteiger partial charge in [0.1, 0.15) is 24.2 Å². The number of nitrogens with zero attached hydrogens (tertiary/aromatic N) is 2. The van der Waals surface area contributed by atoms with Crippen LogP contribution in [0.5, 0.6) is 0 Å². The molecule has 1 spiro atoms. The number of ether oxygens (including phenoxy) is 2. The number of rotatable bonds is 12. The van der Waals surface area contributed by atoms with E-state index in [0.29, 0.717) is 19.4 Å². The number of hydrogen-bond donors (Lipinski definition) is 1. The highest BCUT2D eigenvalue weighted by Crippen LogP contribution is 2.66. The summed E-state index contributed by atoms with van der Waals surface area (Å²) in [6, 6.07) is -1.59. The largest absolute Gasteiger partial charge is 0.461 e. The van der Waals surface area contributed by atoms with E-state index in [9.17, 15) is 19.5 Å². The van der Waals surface area contributed by atoms with Crippen molar-refractivity contribution in [3.05, 3.63) is 25.3 Å². The third kappa shape index (κ3) is 5.15. The van der Waals surface area contributed by atoms with Crippen LogP contribution in [0.3, 0.4) is 0 Å². The molecular formula is C32H52N2O6. The van der Waals surface area contributed by atoms with Crippen LogP contribution in [-0.4, -0.2) is 81.3 Å². The lowest BCUT2D eigenvalue weighted by atomic mass is 9.62. The molecule has 3 aliphatic rings. The second-order valence-electron chi connectivity index (χ2n) is 14.3. The standard InChI is InChI=1S/C32H52N2O6/c1-12-15-33(30(9,10)19-29(6,7)8)27(37)25-32-17-21(5)31(11,40-32)24(28(38)39-16-13-2)23(32)26(36)34(25)22(18-35)20(4)14-3/h12-13,20-25,35H,1-2,14-19H2,3-11H3/t20-,21?,22-,23-,24+,25?,31-,32?/m0/s1. The highest BCUT2D eigenvalue weighted by Gasteiger charge is 2.81. The van der Waals surface area contributed by atoms with Crippen molar-refractivity contribution in [3.63, 3.8) is 0 Å². The first-order valence-electron chi connectivity index (χ1n) is 14.8. The molecule has 3 aliphatic heterocycles. The van der Waals surface area contributed by atoms with Crippen molar-refractivity contribution in [3.8, 4) is 0 Å². The fraction of sp³-hybridized carbons (Fsp3) is 0.781. The molecular weight excluding hydrogens is 508 g/mol. The van der Waals surface area contributed by atoms with Gasteiger partial charge in [0, 0.05) is 12.1 Å². The molecule has 3 saturated heterocycles. The number of carbonyl (C=O) groups is 3. The van der Waals surface area contributed by atoms with Crippen molar-refractivity contribution < 1.29 is 29.0 Å². The Balaban J connectivity index is 2.23. The third-order valence-corrected chi connectivity index (χ3v) is 9.70. The quantitative estimate of drug-likeness (QED) is 0.281. The molecule has 40 heavy (non-hydrogen) atoms. The van der Waals surface area contributed by atoms with Crippen molar-refractivity contribution in [1.29, 1.82) is 0 Å². The molecule has 3 rings (SSSR count). The van der Waals surface area contributed by atoms with E-state index in [2.05, 4.69) is 33.9 Å². The Bertz CT molecular complexity index is 1020. The van der Waals surface area contributed by atoms with Crippen LogP contribution in [0.4, 0.5) is 0 Å². The van der Waals surface area contributed by atoms with Crippen LogP contribution in [0.1, 0.15) is 81.6 Å². The summed E-state index contributed by atoms with van der Waals surface area (Å²) >= 11 is 0. The minimum Gasteiger partial charge on any atom is -0.461 e. The first-order valence-corrected chi connectivity index (χ1v) is 14.8. The Morgan fingerprint density at radius 1 is 1.25 bits per heavy atom. The maximum absolute atomic E-state index is 14.9. The molecule has 2 amide bonds. The summed E-state index contributed by atoms with van der Waals surface area (Å²) < 4.78 is 12.3. The van der Waals surface area contributed by atoms with Crippen LogP contribution in [0.25, 0.3) is 0 Å². The fourth-order valence-electron chi connectivity index (χ4n) is 8.02. The highest BCUT2D eigenvalue weighted by molar-refractivity contribution is 5.99. The molecule has 0 aliphatic carbocycles. The average Bonchev–Trinajstić information content (AvgIpc) is 3.36. The van der Waals surface area contributed by atoms with Crippen molar-refractivity contribution >= 4 is 17.8 Å². The molecule has 1 N–H and O–H groups in total. The molecule has 3 heterocycles. The second-order valence-corrected chi connectivity index (χ2v) is 14.3. The van der Waals surface area contributed by atoms with Crippen molar-refractivity contribution in [1.82, 2.24) is 9.80 Å². The van der Waals surface area contributed by atoms with Gasteiger partial charge in [-0.05, 0) is 50.9 Å². The Hall–Kier alpha value is -2.19. The van der Waals surface area contributed by atoms with Gasteiger partial charge in [0.2, 0.25) is 11.8 Å². The summed E-state index contributed by atoms with van der Waals surface area (Å²) in [6.45, 7) is 26.0.